The third-order valence-corrected chi connectivity index (χ3v) is 4.48. The molecule has 0 radical (unpaired) electrons. The fourth-order valence-electron chi connectivity index (χ4n) is 3.19. The summed E-state index contributed by atoms with van der Waals surface area (Å²) in [5.41, 5.74) is 6.79. The van der Waals surface area contributed by atoms with Crippen molar-refractivity contribution in [3.8, 4) is 5.75 Å². The van der Waals surface area contributed by atoms with Crippen molar-refractivity contribution < 1.29 is 9.84 Å². The van der Waals surface area contributed by atoms with Gasteiger partial charge in [-0.25, -0.2) is 0 Å². The predicted octanol–water partition coefficient (Wildman–Crippen LogP) is 3.42. The van der Waals surface area contributed by atoms with E-state index < -0.39 is 6.10 Å². The van der Waals surface area contributed by atoms with Gasteiger partial charge >= 0.3 is 0 Å². The maximum atomic E-state index is 10.8. The van der Waals surface area contributed by atoms with Crippen molar-refractivity contribution in [3.63, 3.8) is 0 Å². The lowest BCUT2D eigenvalue weighted by atomic mass is 9.68. The van der Waals surface area contributed by atoms with Crippen LogP contribution in [0.25, 0.3) is 0 Å². The van der Waals surface area contributed by atoms with Crippen molar-refractivity contribution in [1.82, 2.24) is 0 Å². The number of aliphatic hydroxyl groups is 1. The first kappa shape index (κ1) is 15.3. The number of rotatable bonds is 6. The van der Waals surface area contributed by atoms with Crippen LogP contribution in [0, 0.1) is 5.41 Å². The minimum Gasteiger partial charge on any atom is -0.494 e. The van der Waals surface area contributed by atoms with Gasteiger partial charge in [0, 0.05) is 12.0 Å². The zero-order valence-electron chi connectivity index (χ0n) is 12.5. The minimum absolute atomic E-state index is 0.151. The predicted molar refractivity (Wildman–Crippen MR) is 81.8 cm³/mol. The fraction of sp³-hybridized carbons (Fsp3) is 0.647. The highest BCUT2D eigenvalue weighted by molar-refractivity contribution is 5.31. The number of nitrogens with two attached hydrogens (primary N) is 1. The maximum Gasteiger partial charge on any atom is 0.119 e. The maximum absolute atomic E-state index is 10.8. The van der Waals surface area contributed by atoms with Crippen LogP contribution < -0.4 is 10.5 Å². The van der Waals surface area contributed by atoms with Crippen LogP contribution in [0.15, 0.2) is 24.3 Å². The van der Waals surface area contributed by atoms with Crippen LogP contribution in [0.3, 0.4) is 0 Å². The normalized spacial score (nSPS) is 19.6. The Morgan fingerprint density at radius 1 is 1.30 bits per heavy atom. The van der Waals surface area contributed by atoms with Gasteiger partial charge in [0.05, 0.1) is 12.7 Å². The fourth-order valence-corrected chi connectivity index (χ4v) is 3.19. The van der Waals surface area contributed by atoms with E-state index in [2.05, 4.69) is 6.92 Å². The molecule has 1 unspecified atom stereocenters. The summed E-state index contributed by atoms with van der Waals surface area (Å²) >= 11 is 0. The molecule has 3 nitrogen and oxygen atoms in total. The molecule has 0 spiro atoms. The number of hydrogen-bond donors (Lipinski definition) is 2. The average molecular weight is 277 g/mol. The van der Waals surface area contributed by atoms with E-state index >= 15 is 0 Å². The standard InChI is InChI=1S/C17H27NO2/c1-2-11-20-15-8-6-7-14(12-15)16(19)17(13-18)9-4-3-5-10-17/h6-8,12,16,19H,2-5,9-11,13,18H2,1H3. The van der Waals surface area contributed by atoms with E-state index in [-0.39, 0.29) is 5.41 Å². The van der Waals surface area contributed by atoms with Crippen LogP contribution in [-0.4, -0.2) is 18.3 Å². The second kappa shape index (κ2) is 7.09. The highest BCUT2D eigenvalue weighted by Gasteiger charge is 2.38. The van der Waals surface area contributed by atoms with Crippen LogP contribution in [0.5, 0.6) is 5.75 Å². The average Bonchev–Trinajstić information content (AvgIpc) is 2.53. The number of aliphatic hydroxyl groups excluding tert-OH is 1. The van der Waals surface area contributed by atoms with E-state index in [0.29, 0.717) is 13.2 Å². The minimum atomic E-state index is -0.488. The third kappa shape index (κ3) is 3.33. The Bertz CT molecular complexity index is 413. The van der Waals surface area contributed by atoms with Gasteiger partial charge in [-0.05, 0) is 37.0 Å². The number of hydrogen-bond acceptors (Lipinski definition) is 3. The lowest BCUT2D eigenvalue weighted by Gasteiger charge is -2.40. The van der Waals surface area contributed by atoms with E-state index in [1.165, 1.54) is 19.3 Å². The molecule has 0 saturated heterocycles. The Labute approximate surface area is 122 Å². The molecule has 0 amide bonds. The van der Waals surface area contributed by atoms with E-state index in [1.54, 1.807) is 0 Å². The van der Waals surface area contributed by atoms with Crippen molar-refractivity contribution >= 4 is 0 Å². The summed E-state index contributed by atoms with van der Waals surface area (Å²) in [5, 5.41) is 10.8. The second-order valence-electron chi connectivity index (χ2n) is 5.95. The molecule has 1 aliphatic carbocycles. The molecule has 0 bridgehead atoms. The molecule has 3 N–H and O–H groups in total. The SMILES string of the molecule is CCCOc1cccc(C(O)C2(CN)CCCCC2)c1. The van der Waals surface area contributed by atoms with E-state index in [9.17, 15) is 5.11 Å². The Kier molecular flexibility index (Phi) is 5.44. The molecule has 1 atom stereocenters. The first-order valence-corrected chi connectivity index (χ1v) is 7.83. The largest absolute Gasteiger partial charge is 0.494 e. The quantitative estimate of drug-likeness (QED) is 0.837. The molecule has 2 rings (SSSR count). The molecule has 1 aliphatic rings. The van der Waals surface area contributed by atoms with Crippen LogP contribution in [0.1, 0.15) is 57.1 Å². The van der Waals surface area contributed by atoms with Crippen LogP contribution in [0.4, 0.5) is 0 Å². The number of ether oxygens (including phenoxy) is 1. The summed E-state index contributed by atoms with van der Waals surface area (Å²) in [4.78, 5) is 0. The Morgan fingerprint density at radius 3 is 2.70 bits per heavy atom. The van der Waals surface area contributed by atoms with Gasteiger partial charge in [-0.15, -0.1) is 0 Å². The van der Waals surface area contributed by atoms with Gasteiger partial charge in [-0.2, -0.15) is 0 Å². The van der Waals surface area contributed by atoms with Gasteiger partial charge in [-0.1, -0.05) is 38.3 Å². The Morgan fingerprint density at radius 2 is 2.05 bits per heavy atom. The summed E-state index contributed by atoms with van der Waals surface area (Å²) in [6.45, 7) is 3.35. The molecule has 0 heterocycles. The molecule has 0 aromatic heterocycles. The molecular formula is C17H27NO2. The molecular weight excluding hydrogens is 250 g/mol. The summed E-state index contributed by atoms with van der Waals surface area (Å²) in [6, 6.07) is 7.85. The molecule has 0 aliphatic heterocycles. The monoisotopic (exact) mass is 277 g/mol. The first-order chi connectivity index (χ1) is 9.72. The zero-order valence-corrected chi connectivity index (χ0v) is 12.5. The van der Waals surface area contributed by atoms with Gasteiger partial charge in [0.15, 0.2) is 0 Å². The van der Waals surface area contributed by atoms with Gasteiger partial charge < -0.3 is 15.6 Å². The smallest absolute Gasteiger partial charge is 0.119 e. The van der Waals surface area contributed by atoms with Crippen molar-refractivity contribution in [2.24, 2.45) is 11.1 Å². The summed E-state index contributed by atoms with van der Waals surface area (Å²) in [5.74, 6) is 0.839. The van der Waals surface area contributed by atoms with E-state index in [0.717, 1.165) is 30.6 Å². The highest BCUT2D eigenvalue weighted by Crippen LogP contribution is 2.45. The first-order valence-electron chi connectivity index (χ1n) is 7.83. The summed E-state index contributed by atoms with van der Waals surface area (Å²) < 4.78 is 5.66. The van der Waals surface area contributed by atoms with Gasteiger partial charge in [0.2, 0.25) is 0 Å². The van der Waals surface area contributed by atoms with Crippen molar-refractivity contribution in [3.05, 3.63) is 29.8 Å². The zero-order chi connectivity index (χ0) is 14.4. The van der Waals surface area contributed by atoms with Crippen LogP contribution in [-0.2, 0) is 0 Å². The Balaban J connectivity index is 2.16. The van der Waals surface area contributed by atoms with Gasteiger partial charge in [-0.3, -0.25) is 0 Å². The molecule has 1 saturated carbocycles. The molecule has 1 aromatic rings. The third-order valence-electron chi connectivity index (χ3n) is 4.48. The van der Waals surface area contributed by atoms with E-state index in [4.69, 9.17) is 10.5 Å². The van der Waals surface area contributed by atoms with Crippen LogP contribution in [0.2, 0.25) is 0 Å². The lowest BCUT2D eigenvalue weighted by molar-refractivity contribution is 0.000559. The highest BCUT2D eigenvalue weighted by atomic mass is 16.5. The lowest BCUT2D eigenvalue weighted by Crippen LogP contribution is -2.38. The van der Waals surface area contributed by atoms with Gasteiger partial charge in [0.25, 0.3) is 0 Å². The molecule has 112 valence electrons. The molecule has 1 aromatic carbocycles. The number of benzene rings is 1. The van der Waals surface area contributed by atoms with Crippen LogP contribution >= 0.6 is 0 Å². The topological polar surface area (TPSA) is 55.5 Å². The second-order valence-corrected chi connectivity index (χ2v) is 5.95. The van der Waals surface area contributed by atoms with Crippen molar-refractivity contribution in [2.75, 3.05) is 13.2 Å². The van der Waals surface area contributed by atoms with Crippen molar-refractivity contribution in [2.45, 2.75) is 51.6 Å². The van der Waals surface area contributed by atoms with E-state index in [1.807, 2.05) is 24.3 Å². The molecule has 3 heteroatoms. The molecule has 20 heavy (non-hydrogen) atoms. The van der Waals surface area contributed by atoms with Crippen molar-refractivity contribution in [1.29, 1.82) is 0 Å². The molecule has 1 fully saturated rings. The summed E-state index contributed by atoms with van der Waals surface area (Å²) in [7, 11) is 0. The van der Waals surface area contributed by atoms with Gasteiger partial charge in [0.1, 0.15) is 5.75 Å². The summed E-state index contributed by atoms with van der Waals surface area (Å²) in [6.07, 6.45) is 6.13. The Hall–Kier alpha value is -1.06.